The second-order valence-electron chi connectivity index (χ2n) is 5.88. The molecular formula is C17H20N4O2. The number of hydrogen-bond donors (Lipinski definition) is 1. The fourth-order valence-corrected chi connectivity index (χ4v) is 2.87. The summed E-state index contributed by atoms with van der Waals surface area (Å²) >= 11 is 0. The smallest absolute Gasteiger partial charge is 0.287 e. The zero-order valence-electron chi connectivity index (χ0n) is 13.1. The van der Waals surface area contributed by atoms with Crippen molar-refractivity contribution in [3.63, 3.8) is 0 Å². The summed E-state index contributed by atoms with van der Waals surface area (Å²) in [5.74, 6) is 0.667. The molecule has 6 heteroatoms. The Hall–Kier alpha value is -2.47. The van der Waals surface area contributed by atoms with Crippen LogP contribution >= 0.6 is 0 Å². The lowest BCUT2D eigenvalue weighted by Gasteiger charge is -2.33. The van der Waals surface area contributed by atoms with Crippen molar-refractivity contribution >= 4 is 11.5 Å². The highest BCUT2D eigenvalue weighted by atomic mass is 16.6. The van der Waals surface area contributed by atoms with Gasteiger partial charge in [-0.15, -0.1) is 0 Å². The molecular weight excluding hydrogens is 292 g/mol. The lowest BCUT2D eigenvalue weighted by molar-refractivity contribution is -0.385. The van der Waals surface area contributed by atoms with Crippen molar-refractivity contribution in [1.29, 1.82) is 0 Å². The molecule has 1 aromatic heterocycles. The van der Waals surface area contributed by atoms with E-state index in [2.05, 4.69) is 46.4 Å². The van der Waals surface area contributed by atoms with Crippen molar-refractivity contribution in [3.8, 4) is 0 Å². The van der Waals surface area contributed by atoms with Crippen LogP contribution in [0, 0.1) is 10.1 Å². The molecule has 1 aromatic carbocycles. The molecule has 3 rings (SSSR count). The molecule has 0 saturated carbocycles. The van der Waals surface area contributed by atoms with Gasteiger partial charge < -0.3 is 5.32 Å². The molecule has 1 aliphatic heterocycles. The largest absolute Gasteiger partial charge is 0.369 e. The second-order valence-corrected chi connectivity index (χ2v) is 5.88. The number of benzene rings is 1. The number of pyridine rings is 1. The fourth-order valence-electron chi connectivity index (χ4n) is 2.87. The number of nitro groups is 1. The normalized spacial score (nSPS) is 15.7. The number of aromatic nitrogens is 1. The Morgan fingerprint density at radius 2 is 2.09 bits per heavy atom. The van der Waals surface area contributed by atoms with Gasteiger partial charge in [-0.25, -0.2) is 4.98 Å². The van der Waals surface area contributed by atoms with Gasteiger partial charge in [-0.05, 0) is 30.5 Å². The van der Waals surface area contributed by atoms with Crippen LogP contribution in [0.1, 0.15) is 18.1 Å². The van der Waals surface area contributed by atoms with Gasteiger partial charge in [0.15, 0.2) is 0 Å². The van der Waals surface area contributed by atoms with Gasteiger partial charge in [0.05, 0.1) is 4.92 Å². The van der Waals surface area contributed by atoms with Crippen molar-refractivity contribution in [2.45, 2.75) is 25.9 Å². The predicted molar refractivity (Wildman–Crippen MR) is 89.4 cm³/mol. The molecule has 0 amide bonds. The minimum atomic E-state index is -0.440. The van der Waals surface area contributed by atoms with E-state index in [4.69, 9.17) is 0 Å². The molecule has 23 heavy (non-hydrogen) atoms. The third-order valence-corrected chi connectivity index (χ3v) is 4.32. The van der Waals surface area contributed by atoms with E-state index in [0.717, 1.165) is 26.1 Å². The number of anilines is 1. The van der Waals surface area contributed by atoms with E-state index in [-0.39, 0.29) is 5.69 Å². The second kappa shape index (κ2) is 6.75. The molecule has 0 spiro atoms. The van der Waals surface area contributed by atoms with Crippen molar-refractivity contribution in [3.05, 3.63) is 63.8 Å². The maximum absolute atomic E-state index is 10.6. The highest BCUT2D eigenvalue weighted by Gasteiger charge is 2.20. The first-order valence-electron chi connectivity index (χ1n) is 7.78. The molecule has 0 saturated heterocycles. The third kappa shape index (κ3) is 3.65. The summed E-state index contributed by atoms with van der Waals surface area (Å²) in [5.41, 5.74) is 2.86. The molecule has 6 nitrogen and oxygen atoms in total. The molecule has 120 valence electrons. The number of nitrogens with one attached hydrogen (secondary N) is 1. The minimum Gasteiger partial charge on any atom is -0.369 e. The first kappa shape index (κ1) is 15.4. The van der Waals surface area contributed by atoms with Crippen LogP contribution in [-0.4, -0.2) is 33.9 Å². The van der Waals surface area contributed by atoms with Crippen molar-refractivity contribution in [2.24, 2.45) is 0 Å². The van der Waals surface area contributed by atoms with Gasteiger partial charge in [0, 0.05) is 31.7 Å². The van der Waals surface area contributed by atoms with Crippen LogP contribution in [-0.2, 0) is 13.0 Å². The standard InChI is InChI=1S/C17H20N4O2/c1-13(10-18-17-7-6-16(11-19-17)21(22)23)20-9-8-14-4-2-3-5-15(14)12-20/h2-7,11,13H,8-10,12H2,1H3,(H,18,19)/t13-/m1/s1. The van der Waals surface area contributed by atoms with Gasteiger partial charge in [0.25, 0.3) is 5.69 Å². The summed E-state index contributed by atoms with van der Waals surface area (Å²) in [7, 11) is 0. The molecule has 2 aromatic rings. The molecule has 0 radical (unpaired) electrons. The van der Waals surface area contributed by atoms with E-state index >= 15 is 0 Å². The Kier molecular flexibility index (Phi) is 4.52. The van der Waals surface area contributed by atoms with Gasteiger partial charge in [-0.1, -0.05) is 24.3 Å². The summed E-state index contributed by atoms with van der Waals surface area (Å²) in [6, 6.07) is 12.1. The SMILES string of the molecule is C[C@H](CNc1ccc([N+](=O)[O-])cn1)N1CCc2ccccc2C1. The first-order chi connectivity index (χ1) is 11.1. The van der Waals surface area contributed by atoms with Crippen LogP contribution in [0.4, 0.5) is 11.5 Å². The van der Waals surface area contributed by atoms with Crippen LogP contribution in [0.5, 0.6) is 0 Å². The maximum atomic E-state index is 10.6. The summed E-state index contributed by atoms with van der Waals surface area (Å²) < 4.78 is 0. The number of fused-ring (bicyclic) bond motifs is 1. The van der Waals surface area contributed by atoms with Crippen molar-refractivity contribution in [1.82, 2.24) is 9.88 Å². The molecule has 1 aliphatic rings. The lowest BCUT2D eigenvalue weighted by atomic mass is 9.99. The summed E-state index contributed by atoms with van der Waals surface area (Å²) in [5, 5.41) is 13.9. The average molecular weight is 312 g/mol. The quantitative estimate of drug-likeness (QED) is 0.679. The maximum Gasteiger partial charge on any atom is 0.287 e. The highest BCUT2D eigenvalue weighted by molar-refractivity contribution is 5.40. The van der Waals surface area contributed by atoms with E-state index in [1.165, 1.54) is 23.4 Å². The number of rotatable bonds is 5. The third-order valence-electron chi connectivity index (χ3n) is 4.32. The van der Waals surface area contributed by atoms with Gasteiger partial charge in [-0.2, -0.15) is 0 Å². The van der Waals surface area contributed by atoms with Crippen LogP contribution in [0.2, 0.25) is 0 Å². The van der Waals surface area contributed by atoms with Crippen LogP contribution in [0.25, 0.3) is 0 Å². The van der Waals surface area contributed by atoms with Crippen LogP contribution in [0.15, 0.2) is 42.6 Å². The van der Waals surface area contributed by atoms with Gasteiger partial charge in [0.2, 0.25) is 0 Å². The first-order valence-corrected chi connectivity index (χ1v) is 7.78. The average Bonchev–Trinajstić information content (AvgIpc) is 2.59. The van der Waals surface area contributed by atoms with Crippen LogP contribution < -0.4 is 5.32 Å². The fraction of sp³-hybridized carbons (Fsp3) is 0.353. The topological polar surface area (TPSA) is 71.3 Å². The minimum absolute atomic E-state index is 0.0104. The summed E-state index contributed by atoms with van der Waals surface area (Å²) in [6.07, 6.45) is 2.36. The van der Waals surface area contributed by atoms with Crippen molar-refractivity contribution < 1.29 is 4.92 Å². The summed E-state index contributed by atoms with van der Waals surface area (Å²) in [4.78, 5) is 16.7. The molecule has 0 bridgehead atoms. The Labute approximate surface area is 135 Å². The monoisotopic (exact) mass is 312 g/mol. The Balaban J connectivity index is 1.55. The van der Waals surface area contributed by atoms with E-state index in [1.807, 2.05) is 0 Å². The van der Waals surface area contributed by atoms with Gasteiger partial charge in [0.1, 0.15) is 12.0 Å². The van der Waals surface area contributed by atoms with E-state index in [9.17, 15) is 10.1 Å². The molecule has 2 heterocycles. The Morgan fingerprint density at radius 1 is 1.30 bits per heavy atom. The molecule has 0 unspecified atom stereocenters. The van der Waals surface area contributed by atoms with Crippen LogP contribution in [0.3, 0.4) is 0 Å². The van der Waals surface area contributed by atoms with Gasteiger partial charge in [-0.3, -0.25) is 15.0 Å². The molecule has 0 fully saturated rings. The van der Waals surface area contributed by atoms with E-state index in [0.29, 0.717) is 11.9 Å². The predicted octanol–water partition coefficient (Wildman–Crippen LogP) is 2.85. The van der Waals surface area contributed by atoms with Crippen molar-refractivity contribution in [2.75, 3.05) is 18.4 Å². The Bertz CT molecular complexity index is 687. The Morgan fingerprint density at radius 3 is 2.78 bits per heavy atom. The zero-order valence-corrected chi connectivity index (χ0v) is 13.1. The lowest BCUT2D eigenvalue weighted by Crippen LogP contribution is -2.41. The van der Waals surface area contributed by atoms with E-state index < -0.39 is 4.92 Å². The van der Waals surface area contributed by atoms with Gasteiger partial charge >= 0.3 is 0 Å². The zero-order chi connectivity index (χ0) is 16.2. The number of nitrogens with zero attached hydrogens (tertiary/aromatic N) is 3. The summed E-state index contributed by atoms with van der Waals surface area (Å²) in [6.45, 7) is 4.96. The molecule has 0 aliphatic carbocycles. The van der Waals surface area contributed by atoms with E-state index in [1.54, 1.807) is 6.07 Å². The molecule has 1 N–H and O–H groups in total. The molecule has 1 atom stereocenters. The number of hydrogen-bond acceptors (Lipinski definition) is 5. The highest BCUT2D eigenvalue weighted by Crippen LogP contribution is 2.20.